The maximum atomic E-state index is 13.9. The van der Waals surface area contributed by atoms with E-state index in [-0.39, 0.29) is 87.2 Å². The molecule has 0 N–H and O–H groups in total. The number of halogens is 10. The number of aryl methyl sites for hydroxylation is 1. The van der Waals surface area contributed by atoms with Crippen molar-refractivity contribution < 1.29 is 109 Å². The SMILES string of the molecule is Cc1cccc(/C=C/c2ccc(OCc3c(-c4c(Cl)cccc4Cl)noc3C3CC3)nc2C(F)(F)F)c1.O=C=O.O=Cc1ccc(OCc2c(-c3c(Cl)cccc3Cl)noc2C2CC2)nc1C(F)(F)F.[2HH].[2H][2H].[2H][2H].[2H][2H].[2H][2H].[2H][2H].[2H][2H].[B]B([B])B([B])[B].[H-].[Na+]. The van der Waals surface area contributed by atoms with Gasteiger partial charge in [-0.25, -0.2) is 9.97 Å². The number of alkyl halides is 6. The van der Waals surface area contributed by atoms with Crippen molar-refractivity contribution in [3.63, 3.8) is 0 Å². The summed E-state index contributed by atoms with van der Waals surface area (Å²) in [6.45, 7) is 1.66. The first-order valence-electron chi connectivity index (χ1n) is 28.5. The first-order chi connectivity index (χ1) is 42.1. The van der Waals surface area contributed by atoms with Gasteiger partial charge in [-0.05, 0) is 74.6 Å². The fourth-order valence-corrected chi connectivity index (χ4v) is 8.25. The third-order valence-corrected chi connectivity index (χ3v) is 12.3. The summed E-state index contributed by atoms with van der Waals surface area (Å²) >= 11 is 25.3. The summed E-state index contributed by atoms with van der Waals surface area (Å²) in [4.78, 5) is 34.4. The van der Waals surface area contributed by atoms with Gasteiger partial charge in [0.2, 0.25) is 11.8 Å². The van der Waals surface area contributed by atoms with Crippen molar-refractivity contribution in [2.45, 2.75) is 70.0 Å². The van der Waals surface area contributed by atoms with Crippen molar-refractivity contribution in [1.29, 1.82) is 0 Å². The number of ether oxygens (including phenoxy) is 2. The molecule has 11 nitrogen and oxygen atoms in total. The number of pyridine rings is 2. The molecule has 8 radical (unpaired) electrons. The summed E-state index contributed by atoms with van der Waals surface area (Å²) in [5.41, 5.74) is 1.69. The van der Waals surface area contributed by atoms with E-state index in [0.717, 1.165) is 42.9 Å². The van der Waals surface area contributed by atoms with E-state index in [1.165, 1.54) is 24.3 Å². The van der Waals surface area contributed by atoms with Crippen LogP contribution in [-0.4, -0.2) is 76.4 Å². The van der Waals surface area contributed by atoms with Crippen LogP contribution in [-0.2, 0) is 35.2 Å². The van der Waals surface area contributed by atoms with Gasteiger partial charge >= 0.3 is 48.1 Å². The van der Waals surface area contributed by atoms with Crippen molar-refractivity contribution in [3.05, 3.63) is 161 Å². The number of hydrogen-bond acceptors (Lipinski definition) is 11. The van der Waals surface area contributed by atoms with Crippen LogP contribution >= 0.6 is 46.4 Å². The van der Waals surface area contributed by atoms with Crippen LogP contribution in [0.1, 0.15) is 119 Å². The number of aldehydes is 1. The van der Waals surface area contributed by atoms with Crippen molar-refractivity contribution >= 4 is 115 Å². The number of rotatable bonds is 14. The molecular weight excluding hydrogens is 1100 g/mol. The van der Waals surface area contributed by atoms with E-state index >= 15 is 0 Å². The van der Waals surface area contributed by atoms with Crippen LogP contribution in [0, 0.1) is 6.92 Å². The van der Waals surface area contributed by atoms with Gasteiger partial charge in [0.15, 0.2) is 17.7 Å². The van der Waals surface area contributed by atoms with Gasteiger partial charge in [-0.2, -0.15) is 35.9 Å². The standard InChI is InChI=1S/C28H21Cl2F3N2O2.C20H13Cl2F3N2O3.CO2.B6.Na.7H2.H/c1-16-4-2-5-17(14-16)8-9-19-12-13-23(34-27(19)28(31,32)33)36-15-20-25(35-37-26(20)18-10-11-18)24-21(29)6-3-7-22(24)30;21-13-2-1-3-14(22)16(13)17-12(18(30-27-17)10-4-5-10)9-29-15-7-6-11(8-28)19(26-15)20(23,24)25;2-1-3;1-5(2)6(3)4;;;;;;;;;/h2-9,12-14,18H,10-11,15H2,1H3;1-3,6-8,10H,4-5,9H2;;;;7*1H;/q;;;;+1;;;;;;;;-1/b9-8+;;;;;;;;;;;;/i;;;;;6*1+1D;1+1;. The maximum absolute atomic E-state index is 13.9. The molecule has 0 aliphatic heterocycles. The Bertz CT molecular complexity index is 3240. The van der Waals surface area contributed by atoms with Crippen LogP contribution < -0.4 is 39.0 Å². The van der Waals surface area contributed by atoms with Crippen molar-refractivity contribution in [2.24, 2.45) is 0 Å². The summed E-state index contributed by atoms with van der Waals surface area (Å²) in [6.07, 6.45) is -3.61. The number of benzene rings is 3. The van der Waals surface area contributed by atoms with Crippen LogP contribution in [0.25, 0.3) is 34.7 Å². The van der Waals surface area contributed by atoms with Gasteiger partial charge < -0.3 is 19.9 Å². The summed E-state index contributed by atoms with van der Waals surface area (Å²) < 4.78 is 163. The van der Waals surface area contributed by atoms with E-state index < -0.39 is 42.1 Å². The van der Waals surface area contributed by atoms with Gasteiger partial charge in [0.05, 0.1) is 31.2 Å². The van der Waals surface area contributed by atoms with E-state index in [2.05, 4.69) is 20.3 Å². The minimum absolute atomic E-state index is 0. The van der Waals surface area contributed by atoms with Gasteiger partial charge in [0.1, 0.15) is 36.1 Å². The van der Waals surface area contributed by atoms with Crippen molar-refractivity contribution in [3.8, 4) is 34.3 Å². The molecule has 4 heterocycles. The molecule has 0 unspecified atom stereocenters. The average Bonchev–Trinajstić information content (AvgIpc) is 1.90. The number of aromatic nitrogens is 4. The molecule has 2 fully saturated rings. The molecule has 4 aromatic heterocycles. The summed E-state index contributed by atoms with van der Waals surface area (Å²) in [7, 11) is 19.9. The monoisotopic (exact) mass is 1160 g/mol. The summed E-state index contributed by atoms with van der Waals surface area (Å²) in [5.74, 6) is 1.09. The second kappa shape index (κ2) is 28.2. The normalized spacial score (nSPS) is 13.4. The molecule has 0 atom stereocenters. The molecule has 0 saturated heterocycles. The first kappa shape index (κ1) is 53.9. The summed E-state index contributed by atoms with van der Waals surface area (Å²) in [6, 6.07) is 22.5. The maximum Gasteiger partial charge on any atom is 1.00 e. The molecule has 9 rings (SSSR count). The largest absolute Gasteiger partial charge is 1.00 e. The Hall–Kier alpha value is -5.10. The zero-order chi connectivity index (χ0) is 67.5. The van der Waals surface area contributed by atoms with Crippen molar-refractivity contribution in [1.82, 2.24) is 20.3 Å². The zero-order valence-corrected chi connectivity index (χ0v) is 45.6. The molecule has 2 aliphatic carbocycles. The minimum atomic E-state index is -4.79. The number of carbonyl (C=O) groups is 1. The van der Waals surface area contributed by atoms with E-state index in [1.807, 2.05) is 31.2 Å². The van der Waals surface area contributed by atoms with Crippen LogP contribution in [0.3, 0.4) is 0 Å². The predicted molar refractivity (Wildman–Crippen MR) is 296 cm³/mol. The Morgan fingerprint density at radius 2 is 1.06 bits per heavy atom. The van der Waals surface area contributed by atoms with E-state index in [4.69, 9.17) is 123 Å². The second-order valence-corrected chi connectivity index (χ2v) is 18.5. The fraction of sp³-hybridized carbons (Fsp3) is 0.224. The van der Waals surface area contributed by atoms with Gasteiger partial charge in [-0.1, -0.05) is 111 Å². The van der Waals surface area contributed by atoms with E-state index in [1.54, 1.807) is 42.5 Å². The molecule has 7 aromatic rings. The van der Waals surface area contributed by atoms with E-state index in [9.17, 15) is 31.1 Å². The molecule has 396 valence electrons. The molecule has 0 amide bonds. The number of hydrogen-bond donors (Lipinski definition) is 0. The van der Waals surface area contributed by atoms with Gasteiger partial charge in [0, 0.05) is 109 Å². The molecule has 77 heavy (non-hydrogen) atoms. The number of nitrogens with zero attached hydrogens (tertiary/aromatic N) is 4. The van der Waals surface area contributed by atoms with Gasteiger partial charge in [-0.3, -0.25) is 4.79 Å². The fourth-order valence-electron chi connectivity index (χ4n) is 7.10. The van der Waals surface area contributed by atoms with Crippen molar-refractivity contribution in [2.75, 3.05) is 0 Å². The van der Waals surface area contributed by atoms with Crippen LogP contribution in [0.2, 0.25) is 20.1 Å². The Morgan fingerprint density at radius 1 is 0.675 bits per heavy atom. The van der Waals surface area contributed by atoms with Crippen LogP contribution in [0.15, 0.2) is 94.0 Å². The molecule has 28 heteroatoms. The molecule has 0 spiro atoms. The predicted octanol–water partition coefficient (Wildman–Crippen LogP) is 11.3. The van der Waals surface area contributed by atoms with Crippen LogP contribution in [0.4, 0.5) is 26.3 Å². The van der Waals surface area contributed by atoms with Crippen LogP contribution in [0.5, 0.6) is 11.8 Å². The van der Waals surface area contributed by atoms with Gasteiger partial charge in [0.25, 0.3) is 0 Å². The third-order valence-electron chi connectivity index (χ3n) is 11.1. The Kier molecular flexibility index (Phi) is 19.7. The molecule has 0 bridgehead atoms. The summed E-state index contributed by atoms with van der Waals surface area (Å²) in [5, 5.41) is 9.74. The second-order valence-electron chi connectivity index (χ2n) is 16.8. The Morgan fingerprint density at radius 3 is 1.43 bits per heavy atom. The smallest absolute Gasteiger partial charge is 1.00 e. The Labute approximate surface area is 507 Å². The average molecular weight is 1160 g/mol. The first-order valence-corrected chi connectivity index (χ1v) is 24.1. The Balaban J connectivity index is -0.000000630. The number of carbonyl (C=O) groups excluding carboxylic acids is 3. The topological polar surface area (TPSA) is 148 Å². The van der Waals surface area contributed by atoms with E-state index in [0.29, 0.717) is 65.3 Å². The minimum Gasteiger partial charge on any atom is -1.00 e. The molecule has 2 saturated carbocycles. The molecular formula is C49H49B6Cl4F6N4NaO7. The third kappa shape index (κ3) is 17.2. The quantitative estimate of drug-likeness (QED) is 0.0582. The van der Waals surface area contributed by atoms with Gasteiger partial charge in [-0.15, -0.1) is 0 Å². The zero-order valence-electron chi connectivity index (χ0n) is 53.6. The molecule has 3 aromatic carbocycles. The molecule has 2 aliphatic rings.